The Bertz CT molecular complexity index is 486. The first kappa shape index (κ1) is 16.7. The number of hydroxylamine groups is 1. The van der Waals surface area contributed by atoms with E-state index in [0.29, 0.717) is 24.4 Å². The molecular weight excluding hydrogens is 272 g/mol. The second kappa shape index (κ2) is 9.52. The van der Waals surface area contributed by atoms with Crippen LogP contribution in [0.3, 0.4) is 0 Å². The summed E-state index contributed by atoms with van der Waals surface area (Å²) in [6, 6.07) is 8.67. The number of carboxylic acids is 1. The van der Waals surface area contributed by atoms with Crippen LogP contribution in [0.15, 0.2) is 35.3 Å². The van der Waals surface area contributed by atoms with Crippen molar-refractivity contribution in [2.24, 2.45) is 4.99 Å². The van der Waals surface area contributed by atoms with Crippen molar-refractivity contribution in [2.75, 3.05) is 6.54 Å². The lowest BCUT2D eigenvalue weighted by atomic mass is 10.2. The molecule has 2 N–H and O–H groups in total. The molecule has 114 valence electrons. The average molecular weight is 292 g/mol. The third kappa shape index (κ3) is 7.71. The molecule has 0 saturated carbocycles. The van der Waals surface area contributed by atoms with Crippen molar-refractivity contribution in [3.63, 3.8) is 0 Å². The topological polar surface area (TPSA) is 88.0 Å². The fourth-order valence-electron chi connectivity index (χ4n) is 1.60. The number of hydrogen-bond acceptors (Lipinski definition) is 4. The quantitative estimate of drug-likeness (QED) is 0.349. The van der Waals surface area contributed by atoms with Crippen LogP contribution in [-0.4, -0.2) is 29.4 Å². The van der Waals surface area contributed by atoms with Gasteiger partial charge in [-0.05, 0) is 31.9 Å². The summed E-state index contributed by atoms with van der Waals surface area (Å²) in [6.45, 7) is 2.27. The van der Waals surface area contributed by atoms with E-state index >= 15 is 0 Å². The minimum atomic E-state index is -0.774. The van der Waals surface area contributed by atoms with Gasteiger partial charge in [-0.2, -0.15) is 0 Å². The van der Waals surface area contributed by atoms with Gasteiger partial charge in [0.1, 0.15) is 5.84 Å². The number of nitrogens with one attached hydrogen (secondary N) is 1. The van der Waals surface area contributed by atoms with Gasteiger partial charge in [0.15, 0.2) is 0 Å². The van der Waals surface area contributed by atoms with Crippen molar-refractivity contribution in [1.29, 1.82) is 0 Å². The molecule has 0 amide bonds. The first-order valence-corrected chi connectivity index (χ1v) is 6.84. The Morgan fingerprint density at radius 3 is 2.57 bits per heavy atom. The third-order valence-corrected chi connectivity index (χ3v) is 2.70. The summed E-state index contributed by atoms with van der Waals surface area (Å²) in [6.07, 6.45) is 2.46. The van der Waals surface area contributed by atoms with E-state index in [4.69, 9.17) is 9.94 Å². The van der Waals surface area contributed by atoms with Crippen molar-refractivity contribution in [1.82, 2.24) is 5.48 Å². The number of aliphatic carboxylic acids is 1. The number of hydrogen-bond donors (Lipinski definition) is 2. The highest BCUT2D eigenvalue weighted by atomic mass is 16.7. The fourth-order valence-corrected chi connectivity index (χ4v) is 1.60. The van der Waals surface area contributed by atoms with E-state index in [9.17, 15) is 9.59 Å². The molecule has 0 heterocycles. The normalized spacial score (nSPS) is 11.0. The van der Waals surface area contributed by atoms with Crippen LogP contribution < -0.4 is 5.48 Å². The molecule has 0 aliphatic heterocycles. The number of rotatable bonds is 7. The number of benzene rings is 1. The smallest absolute Gasteiger partial charge is 0.362 e. The Balaban J connectivity index is 2.18. The van der Waals surface area contributed by atoms with Gasteiger partial charge < -0.3 is 9.94 Å². The zero-order valence-electron chi connectivity index (χ0n) is 12.0. The number of carboxylic acid groups (broad SMARTS) is 1. The lowest BCUT2D eigenvalue weighted by Gasteiger charge is -2.06. The van der Waals surface area contributed by atoms with Crippen LogP contribution in [0.25, 0.3) is 0 Å². The van der Waals surface area contributed by atoms with E-state index < -0.39 is 11.9 Å². The Kier molecular flexibility index (Phi) is 7.56. The number of nitrogens with zero attached hydrogens (tertiary/aromatic N) is 1. The molecule has 6 nitrogen and oxygen atoms in total. The zero-order valence-corrected chi connectivity index (χ0v) is 12.0. The summed E-state index contributed by atoms with van der Waals surface area (Å²) >= 11 is 0. The molecule has 0 radical (unpaired) electrons. The van der Waals surface area contributed by atoms with Crippen LogP contribution in [0.2, 0.25) is 0 Å². The summed E-state index contributed by atoms with van der Waals surface area (Å²) < 4.78 is 0. The second-order valence-corrected chi connectivity index (χ2v) is 4.53. The first-order valence-electron chi connectivity index (χ1n) is 6.84. The Labute approximate surface area is 123 Å². The van der Waals surface area contributed by atoms with Crippen molar-refractivity contribution < 1.29 is 19.5 Å². The fraction of sp³-hybridized carbons (Fsp3) is 0.400. The molecule has 0 aliphatic carbocycles. The molecule has 0 unspecified atom stereocenters. The monoisotopic (exact) mass is 292 g/mol. The summed E-state index contributed by atoms with van der Waals surface area (Å²) in [4.78, 5) is 31.0. The first-order chi connectivity index (χ1) is 10.1. The lowest BCUT2D eigenvalue weighted by molar-refractivity contribution is -0.137. The largest absolute Gasteiger partial charge is 0.481 e. The molecule has 0 saturated heterocycles. The van der Waals surface area contributed by atoms with Crippen LogP contribution in [0.5, 0.6) is 0 Å². The van der Waals surface area contributed by atoms with Gasteiger partial charge in [0, 0.05) is 13.0 Å². The molecule has 0 fully saturated rings. The molecule has 0 spiro atoms. The predicted octanol–water partition coefficient (Wildman–Crippen LogP) is 2.41. The summed E-state index contributed by atoms with van der Waals surface area (Å²) in [5.41, 5.74) is 2.96. The lowest BCUT2D eigenvalue weighted by Crippen LogP contribution is -2.25. The maximum absolute atomic E-state index is 11.6. The van der Waals surface area contributed by atoms with E-state index in [1.54, 1.807) is 31.2 Å². The summed E-state index contributed by atoms with van der Waals surface area (Å²) in [5, 5.41) is 8.49. The average Bonchev–Trinajstić information content (AvgIpc) is 2.49. The highest BCUT2D eigenvalue weighted by Crippen LogP contribution is 2.01. The van der Waals surface area contributed by atoms with E-state index in [0.717, 1.165) is 12.8 Å². The van der Waals surface area contributed by atoms with E-state index in [-0.39, 0.29) is 6.42 Å². The zero-order chi connectivity index (χ0) is 15.5. The minimum absolute atomic E-state index is 0.190. The molecular formula is C15H20N2O4. The van der Waals surface area contributed by atoms with Crippen LogP contribution in [0.1, 0.15) is 43.0 Å². The summed E-state index contributed by atoms with van der Waals surface area (Å²) in [5.74, 6) is -0.728. The van der Waals surface area contributed by atoms with Crippen molar-refractivity contribution >= 4 is 17.8 Å². The Hall–Kier alpha value is -2.37. The molecule has 21 heavy (non-hydrogen) atoms. The van der Waals surface area contributed by atoms with Crippen LogP contribution in [0.4, 0.5) is 0 Å². The molecule has 6 heteroatoms. The Morgan fingerprint density at radius 1 is 1.19 bits per heavy atom. The number of carbonyl (C=O) groups excluding carboxylic acids is 1. The van der Waals surface area contributed by atoms with Gasteiger partial charge in [0.05, 0.1) is 5.56 Å². The molecule has 1 rings (SSSR count). The minimum Gasteiger partial charge on any atom is -0.481 e. The van der Waals surface area contributed by atoms with Gasteiger partial charge in [-0.15, -0.1) is 0 Å². The van der Waals surface area contributed by atoms with E-state index in [2.05, 4.69) is 10.5 Å². The van der Waals surface area contributed by atoms with Crippen LogP contribution in [-0.2, 0) is 9.63 Å². The molecule has 1 aromatic rings. The number of unbranched alkanes of at least 4 members (excludes halogenated alkanes) is 2. The molecule has 0 atom stereocenters. The van der Waals surface area contributed by atoms with Crippen molar-refractivity contribution in [2.45, 2.75) is 32.6 Å². The molecule has 0 aromatic heterocycles. The van der Waals surface area contributed by atoms with Gasteiger partial charge in [0.2, 0.25) is 0 Å². The van der Waals surface area contributed by atoms with Gasteiger partial charge >= 0.3 is 11.9 Å². The number of aliphatic imine (C=N–C) groups is 1. The maximum atomic E-state index is 11.6. The van der Waals surface area contributed by atoms with E-state index in [1.165, 1.54) is 0 Å². The molecule has 0 aliphatic rings. The highest BCUT2D eigenvalue weighted by Gasteiger charge is 2.06. The number of amidine groups is 1. The van der Waals surface area contributed by atoms with Crippen LogP contribution >= 0.6 is 0 Å². The van der Waals surface area contributed by atoms with Gasteiger partial charge in [0.25, 0.3) is 0 Å². The second-order valence-electron chi connectivity index (χ2n) is 4.53. The molecule has 1 aromatic carbocycles. The standard InChI is InChI=1S/C15H20N2O4/c1-12(16-11-7-3-6-10-14(18)19)17-21-15(20)13-8-4-2-5-9-13/h2,4-5,8-9H,3,6-7,10-11H2,1H3,(H,16,17)(H,18,19). The maximum Gasteiger partial charge on any atom is 0.362 e. The van der Waals surface area contributed by atoms with Crippen molar-refractivity contribution in [3.05, 3.63) is 35.9 Å². The van der Waals surface area contributed by atoms with Gasteiger partial charge in [-0.3, -0.25) is 9.79 Å². The van der Waals surface area contributed by atoms with Gasteiger partial charge in [-0.25, -0.2) is 10.3 Å². The van der Waals surface area contributed by atoms with Crippen molar-refractivity contribution in [3.8, 4) is 0 Å². The predicted molar refractivity (Wildman–Crippen MR) is 79.1 cm³/mol. The Morgan fingerprint density at radius 2 is 1.90 bits per heavy atom. The highest BCUT2D eigenvalue weighted by molar-refractivity contribution is 5.90. The number of carbonyl (C=O) groups is 2. The SMILES string of the molecule is CC(=NCCCCCC(=O)O)NOC(=O)c1ccccc1. The molecule has 0 bridgehead atoms. The summed E-state index contributed by atoms with van der Waals surface area (Å²) in [7, 11) is 0. The third-order valence-electron chi connectivity index (χ3n) is 2.70. The van der Waals surface area contributed by atoms with Crippen LogP contribution in [0, 0.1) is 0 Å². The van der Waals surface area contributed by atoms with E-state index in [1.807, 2.05) is 6.07 Å². The van der Waals surface area contributed by atoms with Gasteiger partial charge in [-0.1, -0.05) is 24.6 Å².